The monoisotopic (exact) mass is 260 g/mol. The molecule has 0 aliphatic carbocycles. The Hall–Kier alpha value is -1.06. The highest BCUT2D eigenvalue weighted by atomic mass is 32.2. The summed E-state index contributed by atoms with van der Waals surface area (Å²) < 4.78 is 0. The van der Waals surface area contributed by atoms with Crippen LogP contribution in [0.3, 0.4) is 0 Å². The lowest BCUT2D eigenvalue weighted by atomic mass is 9.93. The number of Topliss-reactive ketones (excluding diaryl/α,β-unsaturated/α-hetero) is 1. The Balaban J connectivity index is 1.80. The number of ketones is 1. The van der Waals surface area contributed by atoms with Gasteiger partial charge in [-0.1, -0.05) is 18.2 Å². The molecule has 0 N–H and O–H groups in total. The lowest BCUT2D eigenvalue weighted by molar-refractivity contribution is -0.119. The van der Waals surface area contributed by atoms with Gasteiger partial charge < -0.3 is 0 Å². The maximum absolute atomic E-state index is 12.3. The van der Waals surface area contributed by atoms with Crippen molar-refractivity contribution in [3.63, 3.8) is 0 Å². The number of rotatable bonds is 3. The number of carbonyl (C=O) groups excluding carboxylic acids is 1. The molecule has 1 unspecified atom stereocenters. The van der Waals surface area contributed by atoms with Crippen molar-refractivity contribution in [1.82, 2.24) is 0 Å². The first-order valence-electron chi connectivity index (χ1n) is 5.60. The molecule has 1 aliphatic heterocycles. The first-order valence-corrected chi connectivity index (χ1v) is 7.53. The minimum absolute atomic E-state index is 0.0936. The fraction of sp³-hybridized carbons (Fsp3) is 0.214. The smallest absolute Gasteiger partial charge is 0.145 e. The van der Waals surface area contributed by atoms with Crippen molar-refractivity contribution >= 4 is 28.9 Å². The maximum Gasteiger partial charge on any atom is 0.145 e. The minimum atomic E-state index is 0.0936. The van der Waals surface area contributed by atoms with Crippen LogP contribution in [0.25, 0.3) is 0 Å². The first kappa shape index (κ1) is 11.1. The van der Waals surface area contributed by atoms with Crippen LogP contribution in [-0.4, -0.2) is 11.5 Å². The van der Waals surface area contributed by atoms with Gasteiger partial charge in [0.15, 0.2) is 0 Å². The number of fused-ring (bicyclic) bond motifs is 1. The van der Waals surface area contributed by atoms with Crippen LogP contribution in [0.1, 0.15) is 17.0 Å². The zero-order valence-corrected chi connectivity index (χ0v) is 10.9. The summed E-state index contributed by atoms with van der Waals surface area (Å²) in [6.07, 6.45) is 0.572. The van der Waals surface area contributed by atoms with Crippen LogP contribution in [0, 0.1) is 0 Å². The number of hydrogen-bond donors (Lipinski definition) is 0. The van der Waals surface area contributed by atoms with Gasteiger partial charge in [0, 0.05) is 17.1 Å². The molecule has 0 amide bonds. The highest BCUT2D eigenvalue weighted by Crippen LogP contribution is 2.40. The molecule has 86 valence electrons. The van der Waals surface area contributed by atoms with Gasteiger partial charge in [0.2, 0.25) is 0 Å². The van der Waals surface area contributed by atoms with E-state index >= 15 is 0 Å². The second-order valence-corrected chi connectivity index (χ2v) is 6.02. The van der Waals surface area contributed by atoms with E-state index in [1.165, 1.54) is 10.5 Å². The fourth-order valence-electron chi connectivity index (χ4n) is 2.15. The van der Waals surface area contributed by atoms with Crippen molar-refractivity contribution in [1.29, 1.82) is 0 Å². The summed E-state index contributed by atoms with van der Waals surface area (Å²) in [7, 11) is 0. The molecule has 2 aromatic rings. The van der Waals surface area contributed by atoms with Crippen LogP contribution in [0.15, 0.2) is 46.0 Å². The Labute approximate surface area is 109 Å². The predicted molar refractivity (Wildman–Crippen MR) is 72.9 cm³/mol. The van der Waals surface area contributed by atoms with E-state index in [1.807, 2.05) is 23.6 Å². The zero-order valence-electron chi connectivity index (χ0n) is 9.26. The van der Waals surface area contributed by atoms with Crippen molar-refractivity contribution in [2.45, 2.75) is 17.2 Å². The Bertz CT molecular complexity index is 531. The largest absolute Gasteiger partial charge is 0.299 e. The summed E-state index contributed by atoms with van der Waals surface area (Å²) >= 11 is 3.45. The van der Waals surface area contributed by atoms with E-state index < -0.39 is 0 Å². The van der Waals surface area contributed by atoms with Gasteiger partial charge in [0.1, 0.15) is 5.78 Å². The summed E-state index contributed by atoms with van der Waals surface area (Å²) in [5.41, 5.74) is 2.37. The number of carbonyl (C=O) groups is 1. The normalized spacial score (nSPS) is 18.0. The first-order chi connectivity index (χ1) is 8.34. The van der Waals surface area contributed by atoms with Gasteiger partial charge in [-0.2, -0.15) is 11.3 Å². The Morgan fingerprint density at radius 1 is 1.29 bits per heavy atom. The second-order valence-electron chi connectivity index (χ2n) is 4.18. The average molecular weight is 260 g/mol. The van der Waals surface area contributed by atoms with Gasteiger partial charge in [0.25, 0.3) is 0 Å². The molecule has 0 fully saturated rings. The van der Waals surface area contributed by atoms with Crippen LogP contribution in [0.5, 0.6) is 0 Å². The number of benzene rings is 1. The summed E-state index contributed by atoms with van der Waals surface area (Å²) in [4.78, 5) is 13.5. The molecule has 0 spiro atoms. The van der Waals surface area contributed by atoms with Crippen molar-refractivity contribution in [3.05, 3.63) is 52.2 Å². The van der Waals surface area contributed by atoms with Gasteiger partial charge in [-0.15, -0.1) is 11.8 Å². The topological polar surface area (TPSA) is 17.1 Å². The maximum atomic E-state index is 12.3. The predicted octanol–water partition coefficient (Wildman–Crippen LogP) is 3.75. The van der Waals surface area contributed by atoms with E-state index in [0.29, 0.717) is 12.2 Å². The van der Waals surface area contributed by atoms with Gasteiger partial charge >= 0.3 is 0 Å². The van der Waals surface area contributed by atoms with E-state index in [4.69, 9.17) is 0 Å². The molecule has 3 heteroatoms. The Kier molecular flexibility index (Phi) is 3.04. The van der Waals surface area contributed by atoms with Crippen LogP contribution < -0.4 is 0 Å². The number of thiophene rings is 1. The molecular weight excluding hydrogens is 248 g/mol. The summed E-state index contributed by atoms with van der Waals surface area (Å²) in [5.74, 6) is 1.35. The van der Waals surface area contributed by atoms with E-state index in [9.17, 15) is 4.79 Å². The van der Waals surface area contributed by atoms with Gasteiger partial charge in [-0.25, -0.2) is 0 Å². The molecule has 17 heavy (non-hydrogen) atoms. The van der Waals surface area contributed by atoms with Crippen LogP contribution in [-0.2, 0) is 11.2 Å². The Morgan fingerprint density at radius 2 is 2.18 bits per heavy atom. The lowest BCUT2D eigenvalue weighted by Crippen LogP contribution is -2.14. The van der Waals surface area contributed by atoms with Crippen LogP contribution >= 0.6 is 23.1 Å². The van der Waals surface area contributed by atoms with Crippen molar-refractivity contribution in [2.75, 3.05) is 5.75 Å². The van der Waals surface area contributed by atoms with Crippen molar-refractivity contribution in [2.24, 2.45) is 0 Å². The standard InChI is InChI=1S/C14H12OS2/c15-13(7-10-5-6-16-8-10)12-9-17-14-4-2-1-3-11(12)14/h1-6,8,12H,7,9H2. The molecule has 2 heterocycles. The van der Waals surface area contributed by atoms with Gasteiger partial charge in [-0.05, 0) is 34.0 Å². The minimum Gasteiger partial charge on any atom is -0.299 e. The third-order valence-corrected chi connectivity index (χ3v) is 4.96. The molecule has 0 bridgehead atoms. The molecule has 1 aromatic heterocycles. The average Bonchev–Trinajstić information content (AvgIpc) is 2.96. The van der Waals surface area contributed by atoms with Gasteiger partial charge in [0.05, 0.1) is 5.92 Å². The molecule has 1 aliphatic rings. The molecule has 1 aromatic carbocycles. The quantitative estimate of drug-likeness (QED) is 0.836. The van der Waals surface area contributed by atoms with E-state index in [1.54, 1.807) is 23.1 Å². The van der Waals surface area contributed by atoms with Crippen LogP contribution in [0.2, 0.25) is 0 Å². The molecule has 0 radical (unpaired) electrons. The molecule has 3 rings (SSSR count). The van der Waals surface area contributed by atoms with E-state index in [0.717, 1.165) is 11.3 Å². The fourth-order valence-corrected chi connectivity index (χ4v) is 4.08. The second kappa shape index (κ2) is 4.67. The number of hydrogen-bond acceptors (Lipinski definition) is 3. The lowest BCUT2D eigenvalue weighted by Gasteiger charge is -2.08. The third kappa shape index (κ3) is 2.17. The van der Waals surface area contributed by atoms with Crippen molar-refractivity contribution in [3.8, 4) is 0 Å². The summed E-state index contributed by atoms with van der Waals surface area (Å²) in [5, 5.41) is 4.09. The summed E-state index contributed by atoms with van der Waals surface area (Å²) in [6, 6.07) is 10.3. The highest BCUT2D eigenvalue weighted by molar-refractivity contribution is 7.99. The molecule has 0 saturated carbocycles. The summed E-state index contributed by atoms with van der Waals surface area (Å²) in [6.45, 7) is 0. The highest BCUT2D eigenvalue weighted by Gasteiger charge is 2.28. The SMILES string of the molecule is O=C(Cc1ccsc1)C1CSc2ccccc21. The molecular formula is C14H12OS2. The van der Waals surface area contributed by atoms with Gasteiger partial charge in [-0.3, -0.25) is 4.79 Å². The molecule has 0 saturated heterocycles. The van der Waals surface area contributed by atoms with Crippen molar-refractivity contribution < 1.29 is 4.79 Å². The van der Waals surface area contributed by atoms with E-state index in [2.05, 4.69) is 17.5 Å². The zero-order chi connectivity index (χ0) is 11.7. The number of thioether (sulfide) groups is 1. The third-order valence-electron chi connectivity index (χ3n) is 3.05. The molecule has 1 atom stereocenters. The van der Waals surface area contributed by atoms with E-state index in [-0.39, 0.29) is 5.92 Å². The van der Waals surface area contributed by atoms with Crippen LogP contribution in [0.4, 0.5) is 0 Å². The molecule has 1 nitrogen and oxygen atoms in total. The Morgan fingerprint density at radius 3 is 3.00 bits per heavy atom.